The van der Waals surface area contributed by atoms with Gasteiger partial charge in [0.15, 0.2) is 0 Å². The van der Waals surface area contributed by atoms with Crippen molar-refractivity contribution >= 4 is 15.9 Å². The van der Waals surface area contributed by atoms with E-state index in [0.29, 0.717) is 5.41 Å². The van der Waals surface area contributed by atoms with Gasteiger partial charge >= 0.3 is 0 Å². The molecule has 1 aromatic rings. The van der Waals surface area contributed by atoms with E-state index in [1.165, 1.54) is 31.2 Å². The lowest BCUT2D eigenvalue weighted by Gasteiger charge is -2.42. The summed E-state index contributed by atoms with van der Waals surface area (Å²) >= 11 is 3.47. The van der Waals surface area contributed by atoms with Crippen LogP contribution in [-0.4, -0.2) is 13.1 Å². The van der Waals surface area contributed by atoms with E-state index in [9.17, 15) is 4.39 Å². The highest BCUT2D eigenvalue weighted by Crippen LogP contribution is 2.44. The maximum absolute atomic E-state index is 13.1. The van der Waals surface area contributed by atoms with Crippen LogP contribution in [0.25, 0.3) is 0 Å². The standard InChI is InChI=1S/C15H21BrFN/c1-2-8-18-11-15(6-3-7-15)10-12-4-5-13(17)9-14(12)16/h4-5,9,18H,2-3,6-8,10-11H2,1H3. The van der Waals surface area contributed by atoms with E-state index in [1.54, 1.807) is 12.1 Å². The molecule has 0 radical (unpaired) electrons. The molecule has 1 nitrogen and oxygen atoms in total. The Hall–Kier alpha value is -0.410. The molecule has 0 unspecified atom stereocenters. The van der Waals surface area contributed by atoms with E-state index in [0.717, 1.165) is 24.0 Å². The van der Waals surface area contributed by atoms with Gasteiger partial charge < -0.3 is 5.32 Å². The average Bonchev–Trinajstić information content (AvgIpc) is 2.29. The highest BCUT2D eigenvalue weighted by atomic mass is 79.9. The van der Waals surface area contributed by atoms with Crippen molar-refractivity contribution in [3.05, 3.63) is 34.1 Å². The number of hydrogen-bond donors (Lipinski definition) is 1. The average molecular weight is 314 g/mol. The minimum atomic E-state index is -0.169. The van der Waals surface area contributed by atoms with Gasteiger partial charge in [-0.05, 0) is 55.3 Å². The molecule has 0 amide bonds. The highest BCUT2D eigenvalue weighted by molar-refractivity contribution is 9.10. The van der Waals surface area contributed by atoms with Crippen LogP contribution in [0.15, 0.2) is 22.7 Å². The first kappa shape index (κ1) is 14.0. The molecule has 1 fully saturated rings. The monoisotopic (exact) mass is 313 g/mol. The fourth-order valence-corrected chi connectivity index (χ4v) is 3.18. The fourth-order valence-electron chi connectivity index (χ4n) is 2.69. The summed E-state index contributed by atoms with van der Waals surface area (Å²) in [7, 11) is 0. The lowest BCUT2D eigenvalue weighted by molar-refractivity contribution is 0.130. The predicted molar refractivity (Wildman–Crippen MR) is 77.2 cm³/mol. The van der Waals surface area contributed by atoms with Crippen molar-refractivity contribution in [3.8, 4) is 0 Å². The van der Waals surface area contributed by atoms with Crippen LogP contribution in [0, 0.1) is 11.2 Å². The third-order valence-electron chi connectivity index (χ3n) is 3.92. The molecule has 18 heavy (non-hydrogen) atoms. The Bertz CT molecular complexity index is 401. The van der Waals surface area contributed by atoms with E-state index in [4.69, 9.17) is 0 Å². The van der Waals surface area contributed by atoms with E-state index >= 15 is 0 Å². The highest BCUT2D eigenvalue weighted by Gasteiger charge is 2.36. The van der Waals surface area contributed by atoms with Gasteiger partial charge in [0.1, 0.15) is 5.82 Å². The summed E-state index contributed by atoms with van der Waals surface area (Å²) in [4.78, 5) is 0. The van der Waals surface area contributed by atoms with Crippen molar-refractivity contribution in [2.75, 3.05) is 13.1 Å². The Morgan fingerprint density at radius 2 is 2.17 bits per heavy atom. The molecule has 2 rings (SSSR count). The zero-order valence-corrected chi connectivity index (χ0v) is 12.5. The summed E-state index contributed by atoms with van der Waals surface area (Å²) in [6.45, 7) is 4.37. The first-order valence-corrected chi connectivity index (χ1v) is 7.59. The van der Waals surface area contributed by atoms with Gasteiger partial charge in [0.2, 0.25) is 0 Å². The molecule has 1 saturated carbocycles. The molecule has 1 N–H and O–H groups in total. The molecule has 0 spiro atoms. The van der Waals surface area contributed by atoms with Crippen LogP contribution in [0.3, 0.4) is 0 Å². The Morgan fingerprint density at radius 1 is 1.39 bits per heavy atom. The van der Waals surface area contributed by atoms with Gasteiger partial charge in [0, 0.05) is 11.0 Å². The van der Waals surface area contributed by atoms with Crippen LogP contribution in [-0.2, 0) is 6.42 Å². The summed E-state index contributed by atoms with van der Waals surface area (Å²) in [6, 6.07) is 5.05. The minimum absolute atomic E-state index is 0.169. The van der Waals surface area contributed by atoms with Crippen molar-refractivity contribution < 1.29 is 4.39 Å². The van der Waals surface area contributed by atoms with Crippen LogP contribution >= 0.6 is 15.9 Å². The van der Waals surface area contributed by atoms with Crippen LogP contribution < -0.4 is 5.32 Å². The summed E-state index contributed by atoms with van der Waals surface area (Å²) in [5.41, 5.74) is 1.63. The van der Waals surface area contributed by atoms with Gasteiger partial charge in [-0.15, -0.1) is 0 Å². The Kier molecular flexibility index (Phi) is 4.79. The second kappa shape index (κ2) is 6.16. The maximum Gasteiger partial charge on any atom is 0.124 e. The number of hydrogen-bond acceptors (Lipinski definition) is 1. The second-order valence-corrected chi connectivity index (χ2v) is 6.30. The number of benzene rings is 1. The molecular formula is C15H21BrFN. The van der Waals surface area contributed by atoms with E-state index in [-0.39, 0.29) is 5.82 Å². The third-order valence-corrected chi connectivity index (χ3v) is 4.66. The molecule has 1 aliphatic carbocycles. The van der Waals surface area contributed by atoms with Crippen LogP contribution in [0.2, 0.25) is 0 Å². The zero-order valence-electron chi connectivity index (χ0n) is 10.9. The molecule has 0 bridgehead atoms. The smallest absolute Gasteiger partial charge is 0.124 e. The second-order valence-electron chi connectivity index (χ2n) is 5.44. The quantitative estimate of drug-likeness (QED) is 0.772. The van der Waals surface area contributed by atoms with E-state index in [1.807, 2.05) is 6.07 Å². The first-order chi connectivity index (χ1) is 8.65. The molecule has 1 aromatic carbocycles. The Balaban J connectivity index is 2.01. The lowest BCUT2D eigenvalue weighted by atomic mass is 9.65. The largest absolute Gasteiger partial charge is 0.316 e. The van der Waals surface area contributed by atoms with Crippen LogP contribution in [0.4, 0.5) is 4.39 Å². The summed E-state index contributed by atoms with van der Waals surface area (Å²) < 4.78 is 14.0. The van der Waals surface area contributed by atoms with E-state index in [2.05, 4.69) is 28.2 Å². The number of rotatable bonds is 6. The summed E-state index contributed by atoms with van der Waals surface area (Å²) in [5.74, 6) is -0.169. The van der Waals surface area contributed by atoms with Gasteiger partial charge in [-0.3, -0.25) is 0 Å². The van der Waals surface area contributed by atoms with E-state index < -0.39 is 0 Å². The predicted octanol–water partition coefficient (Wildman–Crippen LogP) is 4.30. The van der Waals surface area contributed by atoms with Gasteiger partial charge in [-0.2, -0.15) is 0 Å². The van der Waals surface area contributed by atoms with Crippen molar-refractivity contribution in [1.82, 2.24) is 5.32 Å². The van der Waals surface area contributed by atoms with Gasteiger partial charge in [0.25, 0.3) is 0 Å². The normalized spacial score (nSPS) is 17.5. The molecule has 0 heterocycles. The zero-order chi connectivity index (χ0) is 13.0. The van der Waals surface area contributed by atoms with Gasteiger partial charge in [-0.1, -0.05) is 35.3 Å². The van der Waals surface area contributed by atoms with Crippen molar-refractivity contribution in [3.63, 3.8) is 0 Å². The molecule has 0 atom stereocenters. The molecule has 0 saturated heterocycles. The van der Waals surface area contributed by atoms with Crippen LogP contribution in [0.5, 0.6) is 0 Å². The third kappa shape index (κ3) is 3.33. The van der Waals surface area contributed by atoms with Gasteiger partial charge in [-0.25, -0.2) is 4.39 Å². The molecular weight excluding hydrogens is 293 g/mol. The van der Waals surface area contributed by atoms with Crippen molar-refractivity contribution in [2.45, 2.75) is 39.0 Å². The molecule has 100 valence electrons. The topological polar surface area (TPSA) is 12.0 Å². The SMILES string of the molecule is CCCNCC1(Cc2ccc(F)cc2Br)CCC1. The maximum atomic E-state index is 13.1. The number of nitrogens with one attached hydrogen (secondary N) is 1. The van der Waals surface area contributed by atoms with Crippen LogP contribution in [0.1, 0.15) is 38.2 Å². The molecule has 0 aliphatic heterocycles. The molecule has 3 heteroatoms. The summed E-state index contributed by atoms with van der Waals surface area (Å²) in [5, 5.41) is 3.54. The Labute approximate surface area is 117 Å². The van der Waals surface area contributed by atoms with Crippen molar-refractivity contribution in [2.24, 2.45) is 5.41 Å². The first-order valence-electron chi connectivity index (χ1n) is 6.80. The molecule has 1 aliphatic rings. The molecule has 0 aromatic heterocycles. The minimum Gasteiger partial charge on any atom is -0.316 e. The fraction of sp³-hybridized carbons (Fsp3) is 0.600. The van der Waals surface area contributed by atoms with Gasteiger partial charge in [0.05, 0.1) is 0 Å². The Morgan fingerprint density at radius 3 is 2.72 bits per heavy atom. The lowest BCUT2D eigenvalue weighted by Crippen LogP contribution is -2.42. The van der Waals surface area contributed by atoms with Crippen molar-refractivity contribution in [1.29, 1.82) is 0 Å². The number of halogens is 2. The summed E-state index contributed by atoms with van der Waals surface area (Å²) in [6.07, 6.45) is 6.12.